The molecule has 0 bridgehead atoms. The van der Waals surface area contributed by atoms with Crippen molar-refractivity contribution < 1.29 is 23.1 Å². The van der Waals surface area contributed by atoms with Crippen molar-refractivity contribution in [2.24, 2.45) is 11.8 Å². The molecule has 1 N–H and O–H groups in total. The van der Waals surface area contributed by atoms with E-state index in [1.165, 1.54) is 4.90 Å². The van der Waals surface area contributed by atoms with Gasteiger partial charge in [0, 0.05) is 13.1 Å². The topological polar surface area (TPSA) is 40.5 Å². The van der Waals surface area contributed by atoms with E-state index >= 15 is 0 Å². The summed E-state index contributed by atoms with van der Waals surface area (Å²) < 4.78 is 38.0. The molecule has 3 nitrogen and oxygen atoms in total. The zero-order valence-electron chi connectivity index (χ0n) is 9.29. The third kappa shape index (κ3) is 3.10. The first kappa shape index (κ1) is 13.3. The Balaban J connectivity index is 2.74. The number of hydrogen-bond donors (Lipinski definition) is 1. The van der Waals surface area contributed by atoms with E-state index in [1.54, 1.807) is 0 Å². The molecular weight excluding hydrogens is 223 g/mol. The molecule has 3 atom stereocenters. The van der Waals surface area contributed by atoms with E-state index in [1.807, 2.05) is 13.8 Å². The molecule has 6 heteroatoms. The van der Waals surface area contributed by atoms with E-state index < -0.39 is 24.6 Å². The average Bonchev–Trinajstić information content (AvgIpc) is 2.40. The van der Waals surface area contributed by atoms with Gasteiger partial charge in [-0.15, -0.1) is 0 Å². The Labute approximate surface area is 92.2 Å². The van der Waals surface area contributed by atoms with Gasteiger partial charge in [0.2, 0.25) is 0 Å². The number of carboxylic acids is 1. The maximum absolute atomic E-state index is 12.7. The lowest BCUT2D eigenvalue weighted by atomic mass is 10.0. The molecule has 0 aromatic rings. The van der Waals surface area contributed by atoms with E-state index in [-0.39, 0.29) is 11.8 Å². The van der Waals surface area contributed by atoms with Gasteiger partial charge < -0.3 is 5.11 Å². The summed E-state index contributed by atoms with van der Waals surface area (Å²) in [4.78, 5) is 11.7. The highest BCUT2D eigenvalue weighted by molar-refractivity contribution is 5.67. The normalized spacial score (nSPS) is 29.3. The van der Waals surface area contributed by atoms with Gasteiger partial charge in [0.15, 0.2) is 0 Å². The molecular formula is C10H16F3NO2. The van der Waals surface area contributed by atoms with Crippen LogP contribution in [-0.4, -0.2) is 41.3 Å². The minimum atomic E-state index is -4.47. The smallest absolute Gasteiger partial charge is 0.404 e. The highest BCUT2D eigenvalue weighted by Crippen LogP contribution is 2.33. The number of aliphatic carboxylic acids is 1. The third-order valence-corrected chi connectivity index (χ3v) is 3.20. The van der Waals surface area contributed by atoms with Gasteiger partial charge in [-0.1, -0.05) is 13.8 Å². The first-order chi connectivity index (χ1) is 7.21. The van der Waals surface area contributed by atoms with Gasteiger partial charge in [0.05, 0.1) is 6.42 Å². The van der Waals surface area contributed by atoms with Crippen molar-refractivity contribution >= 4 is 5.97 Å². The molecule has 0 aromatic carbocycles. The standard InChI is InChI=1S/C10H16F3NO2/c1-6-4-14(5-7(6)2)8(3-9(15)16)10(11,12)13/h6-8H,3-5H2,1-2H3,(H,15,16). The summed E-state index contributed by atoms with van der Waals surface area (Å²) in [7, 11) is 0. The van der Waals surface area contributed by atoms with Gasteiger partial charge in [-0.3, -0.25) is 9.69 Å². The summed E-state index contributed by atoms with van der Waals surface area (Å²) >= 11 is 0. The molecule has 1 fully saturated rings. The number of halogens is 3. The Morgan fingerprint density at radius 1 is 1.38 bits per heavy atom. The maximum Gasteiger partial charge on any atom is 0.404 e. The van der Waals surface area contributed by atoms with Crippen molar-refractivity contribution in [2.45, 2.75) is 32.5 Å². The van der Waals surface area contributed by atoms with Crippen molar-refractivity contribution in [3.63, 3.8) is 0 Å². The van der Waals surface area contributed by atoms with Crippen LogP contribution in [0.1, 0.15) is 20.3 Å². The molecule has 1 aliphatic rings. The van der Waals surface area contributed by atoms with Crippen molar-refractivity contribution in [1.82, 2.24) is 4.90 Å². The zero-order chi connectivity index (χ0) is 12.5. The third-order valence-electron chi connectivity index (χ3n) is 3.20. The average molecular weight is 239 g/mol. The Kier molecular flexibility index (Phi) is 3.83. The van der Waals surface area contributed by atoms with Gasteiger partial charge >= 0.3 is 12.1 Å². The minimum Gasteiger partial charge on any atom is -0.481 e. The quantitative estimate of drug-likeness (QED) is 0.818. The van der Waals surface area contributed by atoms with Crippen molar-refractivity contribution in [1.29, 1.82) is 0 Å². The van der Waals surface area contributed by atoms with Crippen LogP contribution in [0.3, 0.4) is 0 Å². The molecule has 1 rings (SSSR count). The van der Waals surface area contributed by atoms with Crippen LogP contribution >= 0.6 is 0 Å². The van der Waals surface area contributed by atoms with Crippen LogP contribution in [0.2, 0.25) is 0 Å². The lowest BCUT2D eigenvalue weighted by Crippen LogP contribution is -2.46. The molecule has 1 heterocycles. The molecule has 94 valence electrons. The Morgan fingerprint density at radius 2 is 1.81 bits per heavy atom. The molecule has 0 saturated carbocycles. The summed E-state index contributed by atoms with van der Waals surface area (Å²) in [6.45, 7) is 4.41. The van der Waals surface area contributed by atoms with Gasteiger partial charge in [-0.2, -0.15) is 13.2 Å². The number of alkyl halides is 3. The number of carboxylic acid groups (broad SMARTS) is 1. The van der Waals surface area contributed by atoms with E-state index in [9.17, 15) is 18.0 Å². The van der Waals surface area contributed by atoms with Crippen molar-refractivity contribution in [2.75, 3.05) is 13.1 Å². The van der Waals surface area contributed by atoms with Crippen LogP contribution in [-0.2, 0) is 4.79 Å². The van der Waals surface area contributed by atoms with E-state index in [4.69, 9.17) is 5.11 Å². The lowest BCUT2D eigenvalue weighted by Gasteiger charge is -2.28. The highest BCUT2D eigenvalue weighted by Gasteiger charge is 2.47. The summed E-state index contributed by atoms with van der Waals surface area (Å²) in [5.41, 5.74) is 0. The predicted octanol–water partition coefficient (Wildman–Crippen LogP) is 1.98. The van der Waals surface area contributed by atoms with E-state index in [2.05, 4.69) is 0 Å². The fourth-order valence-corrected chi connectivity index (χ4v) is 2.05. The van der Waals surface area contributed by atoms with E-state index in [0.717, 1.165) is 0 Å². The second-order valence-electron chi connectivity index (χ2n) is 4.56. The zero-order valence-corrected chi connectivity index (χ0v) is 9.29. The molecule has 16 heavy (non-hydrogen) atoms. The fourth-order valence-electron chi connectivity index (χ4n) is 2.05. The molecule has 0 radical (unpaired) electrons. The van der Waals surface area contributed by atoms with Crippen LogP contribution in [0.5, 0.6) is 0 Å². The predicted molar refractivity (Wildman–Crippen MR) is 52.0 cm³/mol. The maximum atomic E-state index is 12.7. The molecule has 0 aliphatic carbocycles. The van der Waals surface area contributed by atoms with Gasteiger partial charge in [0.25, 0.3) is 0 Å². The number of carbonyl (C=O) groups is 1. The SMILES string of the molecule is CC1CN(C(CC(=O)O)C(F)(F)F)CC1C. The molecule has 1 saturated heterocycles. The number of hydrogen-bond acceptors (Lipinski definition) is 2. The van der Waals surface area contributed by atoms with Crippen LogP contribution in [0, 0.1) is 11.8 Å². The molecule has 0 amide bonds. The summed E-state index contributed by atoms with van der Waals surface area (Å²) in [6.07, 6.45) is -5.34. The number of nitrogens with zero attached hydrogens (tertiary/aromatic N) is 1. The first-order valence-electron chi connectivity index (χ1n) is 5.24. The summed E-state index contributed by atoms with van der Waals surface area (Å²) in [6, 6.07) is -1.85. The Bertz CT molecular complexity index is 257. The van der Waals surface area contributed by atoms with Gasteiger partial charge in [0.1, 0.15) is 6.04 Å². The minimum absolute atomic E-state index is 0.179. The number of likely N-dealkylation sites (tertiary alicyclic amines) is 1. The van der Waals surface area contributed by atoms with Crippen LogP contribution in [0.4, 0.5) is 13.2 Å². The fraction of sp³-hybridized carbons (Fsp3) is 0.900. The van der Waals surface area contributed by atoms with Crippen molar-refractivity contribution in [3.8, 4) is 0 Å². The monoisotopic (exact) mass is 239 g/mol. The Hall–Kier alpha value is -0.780. The second kappa shape index (κ2) is 4.61. The van der Waals surface area contributed by atoms with Gasteiger partial charge in [-0.25, -0.2) is 0 Å². The summed E-state index contributed by atoms with van der Waals surface area (Å²) in [5.74, 6) is -1.05. The largest absolute Gasteiger partial charge is 0.481 e. The Morgan fingerprint density at radius 3 is 2.12 bits per heavy atom. The van der Waals surface area contributed by atoms with Crippen LogP contribution in [0.25, 0.3) is 0 Å². The van der Waals surface area contributed by atoms with Crippen molar-refractivity contribution in [3.05, 3.63) is 0 Å². The molecule has 3 unspecified atom stereocenters. The molecule has 0 aromatic heterocycles. The number of rotatable bonds is 3. The van der Waals surface area contributed by atoms with Crippen LogP contribution < -0.4 is 0 Å². The van der Waals surface area contributed by atoms with Gasteiger partial charge in [-0.05, 0) is 11.8 Å². The lowest BCUT2D eigenvalue weighted by molar-refractivity contribution is -0.188. The second-order valence-corrected chi connectivity index (χ2v) is 4.56. The van der Waals surface area contributed by atoms with Crippen LogP contribution in [0.15, 0.2) is 0 Å². The van der Waals surface area contributed by atoms with E-state index in [0.29, 0.717) is 13.1 Å². The highest BCUT2D eigenvalue weighted by atomic mass is 19.4. The summed E-state index contributed by atoms with van der Waals surface area (Å²) in [5, 5.41) is 8.51. The molecule has 0 spiro atoms. The first-order valence-corrected chi connectivity index (χ1v) is 5.24. The molecule has 1 aliphatic heterocycles.